The highest BCUT2D eigenvalue weighted by atomic mass is 32.2. The highest BCUT2D eigenvalue weighted by Crippen LogP contribution is 2.30. The third kappa shape index (κ3) is 1.99. The Bertz CT molecular complexity index is 480. The number of pyridine rings is 1. The summed E-state index contributed by atoms with van der Waals surface area (Å²) in [5, 5.41) is 0. The predicted molar refractivity (Wildman–Crippen MR) is 42.9 cm³/mol. The molecule has 82 valence electrons. The molecule has 0 saturated heterocycles. The minimum atomic E-state index is -5.51. The third-order valence-electron chi connectivity index (χ3n) is 1.54. The summed E-state index contributed by atoms with van der Waals surface area (Å²) >= 11 is 0. The Balaban J connectivity index is 3.47. The van der Waals surface area contributed by atoms with E-state index in [4.69, 9.17) is 0 Å². The molecule has 0 aliphatic heterocycles. The van der Waals surface area contributed by atoms with Gasteiger partial charge in [0, 0.05) is 18.0 Å². The van der Waals surface area contributed by atoms with Crippen molar-refractivity contribution < 1.29 is 26.4 Å². The minimum Gasteiger partial charge on any atom is -0.298 e. The van der Waals surface area contributed by atoms with Crippen molar-refractivity contribution in [3.63, 3.8) is 0 Å². The molecule has 0 spiro atoms. The van der Waals surface area contributed by atoms with Crippen LogP contribution in [0.5, 0.6) is 0 Å². The first kappa shape index (κ1) is 11.6. The molecule has 0 fully saturated rings. The van der Waals surface area contributed by atoms with Gasteiger partial charge in [0.25, 0.3) is 9.84 Å². The molecule has 15 heavy (non-hydrogen) atoms. The van der Waals surface area contributed by atoms with Gasteiger partial charge in [-0.3, -0.25) is 9.78 Å². The first-order valence-corrected chi connectivity index (χ1v) is 4.99. The largest absolute Gasteiger partial charge is 0.501 e. The van der Waals surface area contributed by atoms with Gasteiger partial charge in [-0.15, -0.1) is 0 Å². The zero-order valence-corrected chi connectivity index (χ0v) is 7.84. The normalized spacial score (nSPS) is 12.5. The van der Waals surface area contributed by atoms with E-state index in [0.717, 1.165) is 12.3 Å². The second-order valence-electron chi connectivity index (χ2n) is 2.48. The number of carbonyl (C=O) groups excluding carboxylic acids is 1. The molecule has 0 radical (unpaired) electrons. The highest BCUT2D eigenvalue weighted by molar-refractivity contribution is 7.92. The van der Waals surface area contributed by atoms with Crippen LogP contribution in [0.25, 0.3) is 0 Å². The van der Waals surface area contributed by atoms with Gasteiger partial charge < -0.3 is 0 Å². The number of hydrogen-bond acceptors (Lipinski definition) is 4. The molecule has 0 atom stereocenters. The van der Waals surface area contributed by atoms with E-state index in [2.05, 4.69) is 4.98 Å². The summed E-state index contributed by atoms with van der Waals surface area (Å²) in [6.45, 7) is 0. The molecule has 0 N–H and O–H groups in total. The van der Waals surface area contributed by atoms with Crippen molar-refractivity contribution in [1.29, 1.82) is 0 Å². The van der Waals surface area contributed by atoms with Crippen LogP contribution >= 0.6 is 0 Å². The Labute approximate surface area is 82.7 Å². The maximum atomic E-state index is 12.1. The maximum absolute atomic E-state index is 12.1. The lowest BCUT2D eigenvalue weighted by atomic mass is 10.3. The molecular formula is C7H4F3NO3S. The molecule has 1 aromatic rings. The van der Waals surface area contributed by atoms with E-state index in [1.807, 2.05) is 0 Å². The number of hydrogen-bond donors (Lipinski definition) is 0. The summed E-state index contributed by atoms with van der Waals surface area (Å²) in [5.74, 6) is 0. The van der Waals surface area contributed by atoms with Crippen LogP contribution in [0.3, 0.4) is 0 Å². The number of halogens is 3. The average Bonchev–Trinajstić information content (AvgIpc) is 2.16. The van der Waals surface area contributed by atoms with Gasteiger partial charge in [0.1, 0.15) is 4.90 Å². The molecule has 1 rings (SSSR count). The SMILES string of the molecule is O=Cc1ccncc1S(=O)(=O)C(F)(F)F. The fourth-order valence-corrected chi connectivity index (χ4v) is 1.71. The summed E-state index contributed by atoms with van der Waals surface area (Å²) in [5.41, 5.74) is -6.00. The van der Waals surface area contributed by atoms with Gasteiger partial charge in [-0.2, -0.15) is 13.2 Å². The molecule has 0 aliphatic rings. The third-order valence-corrected chi connectivity index (χ3v) is 3.07. The molecule has 0 aromatic carbocycles. The Morgan fingerprint density at radius 3 is 2.40 bits per heavy atom. The zero-order valence-electron chi connectivity index (χ0n) is 7.02. The zero-order chi connectivity index (χ0) is 11.7. The first-order chi connectivity index (χ1) is 6.80. The number of alkyl halides is 3. The summed E-state index contributed by atoms with van der Waals surface area (Å²) in [4.78, 5) is 12.4. The van der Waals surface area contributed by atoms with Crippen molar-refractivity contribution in [2.24, 2.45) is 0 Å². The second-order valence-corrected chi connectivity index (χ2v) is 4.39. The molecule has 0 bridgehead atoms. The lowest BCUT2D eigenvalue weighted by molar-refractivity contribution is -0.0436. The van der Waals surface area contributed by atoms with Gasteiger partial charge in [-0.1, -0.05) is 0 Å². The van der Waals surface area contributed by atoms with E-state index in [0.29, 0.717) is 6.20 Å². The van der Waals surface area contributed by atoms with Crippen molar-refractivity contribution in [2.75, 3.05) is 0 Å². The molecule has 8 heteroatoms. The quantitative estimate of drug-likeness (QED) is 0.727. The molecule has 0 unspecified atom stereocenters. The van der Waals surface area contributed by atoms with Crippen LogP contribution < -0.4 is 0 Å². The van der Waals surface area contributed by atoms with Crippen LogP contribution in [-0.4, -0.2) is 25.2 Å². The number of rotatable bonds is 2. The molecule has 1 heterocycles. The Kier molecular flexibility index (Phi) is 2.80. The summed E-state index contributed by atoms with van der Waals surface area (Å²) in [7, 11) is -5.51. The van der Waals surface area contributed by atoms with Crippen LogP contribution in [0.2, 0.25) is 0 Å². The molecule has 0 amide bonds. The number of nitrogens with zero attached hydrogens (tertiary/aromatic N) is 1. The van der Waals surface area contributed by atoms with E-state index in [-0.39, 0.29) is 6.29 Å². The van der Waals surface area contributed by atoms with Crippen molar-refractivity contribution in [3.8, 4) is 0 Å². The van der Waals surface area contributed by atoms with Gasteiger partial charge >= 0.3 is 5.51 Å². The van der Waals surface area contributed by atoms with Crippen LogP contribution in [0, 0.1) is 0 Å². The van der Waals surface area contributed by atoms with Crippen LogP contribution in [0.15, 0.2) is 23.4 Å². The number of sulfone groups is 1. The monoisotopic (exact) mass is 239 g/mol. The molecule has 0 aliphatic carbocycles. The summed E-state index contributed by atoms with van der Waals surface area (Å²) < 4.78 is 58.1. The average molecular weight is 239 g/mol. The first-order valence-electron chi connectivity index (χ1n) is 3.51. The van der Waals surface area contributed by atoms with Crippen molar-refractivity contribution in [2.45, 2.75) is 10.4 Å². The van der Waals surface area contributed by atoms with Crippen molar-refractivity contribution in [1.82, 2.24) is 4.98 Å². The van der Waals surface area contributed by atoms with E-state index < -0.39 is 25.8 Å². The standard InChI is InChI=1S/C7H4F3NO3S/c8-7(9,10)15(13,14)6-3-11-2-1-5(6)4-12/h1-4H. The highest BCUT2D eigenvalue weighted by Gasteiger charge is 2.48. The Morgan fingerprint density at radius 1 is 1.33 bits per heavy atom. The fraction of sp³-hybridized carbons (Fsp3) is 0.143. The van der Waals surface area contributed by atoms with E-state index in [9.17, 15) is 26.4 Å². The summed E-state index contributed by atoms with van der Waals surface area (Å²) in [6, 6.07) is 0.894. The number of carbonyl (C=O) groups is 1. The summed E-state index contributed by atoms with van der Waals surface area (Å²) in [6.07, 6.45) is 1.55. The van der Waals surface area contributed by atoms with Gasteiger partial charge in [0.05, 0.1) is 0 Å². The molecule has 4 nitrogen and oxygen atoms in total. The maximum Gasteiger partial charge on any atom is 0.501 e. The van der Waals surface area contributed by atoms with E-state index in [1.165, 1.54) is 0 Å². The van der Waals surface area contributed by atoms with Crippen LogP contribution in [0.4, 0.5) is 13.2 Å². The molecule has 0 saturated carbocycles. The fourth-order valence-electron chi connectivity index (χ4n) is 0.837. The number of aldehydes is 1. The van der Waals surface area contributed by atoms with Crippen LogP contribution in [0.1, 0.15) is 10.4 Å². The number of aromatic nitrogens is 1. The Hall–Kier alpha value is -1.44. The Morgan fingerprint density at radius 2 is 1.93 bits per heavy atom. The lowest BCUT2D eigenvalue weighted by Crippen LogP contribution is -2.24. The van der Waals surface area contributed by atoms with Crippen LogP contribution in [-0.2, 0) is 9.84 Å². The second kappa shape index (κ2) is 3.61. The topological polar surface area (TPSA) is 64.1 Å². The minimum absolute atomic E-state index is 0.0281. The van der Waals surface area contributed by atoms with Gasteiger partial charge in [-0.25, -0.2) is 8.42 Å². The molecule has 1 aromatic heterocycles. The van der Waals surface area contributed by atoms with Crippen molar-refractivity contribution in [3.05, 3.63) is 24.0 Å². The molecular weight excluding hydrogens is 235 g/mol. The predicted octanol–water partition coefficient (Wildman–Crippen LogP) is 1.19. The van der Waals surface area contributed by atoms with Gasteiger partial charge in [-0.05, 0) is 6.07 Å². The van der Waals surface area contributed by atoms with Gasteiger partial charge in [0.2, 0.25) is 0 Å². The van der Waals surface area contributed by atoms with E-state index >= 15 is 0 Å². The van der Waals surface area contributed by atoms with Gasteiger partial charge in [0.15, 0.2) is 6.29 Å². The van der Waals surface area contributed by atoms with Crippen molar-refractivity contribution >= 4 is 16.1 Å². The van der Waals surface area contributed by atoms with E-state index in [1.54, 1.807) is 0 Å². The smallest absolute Gasteiger partial charge is 0.298 e. The lowest BCUT2D eigenvalue weighted by Gasteiger charge is -2.08.